The van der Waals surface area contributed by atoms with Crippen LogP contribution in [-0.4, -0.2) is 28.1 Å². The monoisotopic (exact) mass is 496 g/mol. The summed E-state index contributed by atoms with van der Waals surface area (Å²) in [6, 6.07) is 21.7. The fraction of sp³-hybridized carbons (Fsp3) is 0.233. The van der Waals surface area contributed by atoms with E-state index in [1.54, 1.807) is 36.5 Å². The lowest BCUT2D eigenvalue weighted by Crippen LogP contribution is -2.19. The molecule has 0 radical (unpaired) electrons. The molecule has 0 aliphatic heterocycles. The summed E-state index contributed by atoms with van der Waals surface area (Å²) in [6.07, 6.45) is 7.98. The molecule has 4 aromatic rings. The summed E-state index contributed by atoms with van der Waals surface area (Å²) < 4.78 is 12.1. The first-order valence-corrected chi connectivity index (χ1v) is 12.5. The maximum absolute atomic E-state index is 12.4. The number of aromatic carboxylic acids is 1. The number of nitrogens with zero attached hydrogens (tertiary/aromatic N) is 1. The second kappa shape index (κ2) is 11.1. The summed E-state index contributed by atoms with van der Waals surface area (Å²) in [5, 5.41) is 14.0. The molecule has 0 atom stereocenters. The zero-order valence-electron chi connectivity index (χ0n) is 20.4. The third-order valence-electron chi connectivity index (χ3n) is 6.45. The summed E-state index contributed by atoms with van der Waals surface area (Å²) in [6.45, 7) is 0. The minimum absolute atomic E-state index is 0.0427. The lowest BCUT2D eigenvalue weighted by molar-refractivity contribution is -0.115. The summed E-state index contributed by atoms with van der Waals surface area (Å²) >= 11 is 0. The maximum Gasteiger partial charge on any atom is 0.337 e. The van der Waals surface area contributed by atoms with Crippen LogP contribution in [0.4, 0.5) is 5.69 Å². The molecule has 1 saturated carbocycles. The largest absolute Gasteiger partial charge is 0.490 e. The number of benzene rings is 3. The molecule has 37 heavy (non-hydrogen) atoms. The van der Waals surface area contributed by atoms with E-state index in [9.17, 15) is 14.7 Å². The van der Waals surface area contributed by atoms with E-state index in [2.05, 4.69) is 16.4 Å². The average molecular weight is 497 g/mol. The average Bonchev–Trinajstić information content (AvgIpc) is 2.90. The molecule has 0 spiro atoms. The highest BCUT2D eigenvalue weighted by atomic mass is 16.5. The molecule has 0 saturated heterocycles. The number of hydrogen-bond acceptors (Lipinski definition) is 5. The number of pyridine rings is 1. The van der Waals surface area contributed by atoms with Crippen molar-refractivity contribution in [1.82, 2.24) is 4.98 Å². The van der Waals surface area contributed by atoms with Gasteiger partial charge in [0.25, 0.3) is 0 Å². The first-order valence-electron chi connectivity index (χ1n) is 12.5. The molecule has 1 heterocycles. The van der Waals surface area contributed by atoms with Gasteiger partial charge in [0.1, 0.15) is 11.5 Å². The zero-order chi connectivity index (χ0) is 25.6. The van der Waals surface area contributed by atoms with Gasteiger partial charge in [0, 0.05) is 12.3 Å². The SMILES string of the molecule is O=C(Cc1ccc(Oc2ccc3cc(OC4CCCCC4)ccc3c2)nc1)Nc1ccccc1C(=O)O. The van der Waals surface area contributed by atoms with Gasteiger partial charge in [0.2, 0.25) is 11.8 Å². The fourth-order valence-corrected chi connectivity index (χ4v) is 4.57. The van der Waals surface area contributed by atoms with Gasteiger partial charge in [-0.3, -0.25) is 4.79 Å². The quantitative estimate of drug-likeness (QED) is 0.285. The molecule has 3 aromatic carbocycles. The highest BCUT2D eigenvalue weighted by Gasteiger charge is 2.15. The lowest BCUT2D eigenvalue weighted by atomic mass is 9.98. The summed E-state index contributed by atoms with van der Waals surface area (Å²) in [5.74, 6) is 0.557. The number of carbonyl (C=O) groups is 2. The second-order valence-corrected chi connectivity index (χ2v) is 9.23. The van der Waals surface area contributed by atoms with Crippen LogP contribution >= 0.6 is 0 Å². The Morgan fingerprint density at radius 3 is 2.35 bits per heavy atom. The predicted molar refractivity (Wildman–Crippen MR) is 141 cm³/mol. The van der Waals surface area contributed by atoms with E-state index >= 15 is 0 Å². The van der Waals surface area contributed by atoms with Crippen molar-refractivity contribution in [2.45, 2.75) is 44.6 Å². The van der Waals surface area contributed by atoms with Crippen LogP contribution in [0.3, 0.4) is 0 Å². The van der Waals surface area contributed by atoms with E-state index in [-0.39, 0.29) is 23.6 Å². The highest BCUT2D eigenvalue weighted by molar-refractivity contribution is 6.01. The normalized spacial score (nSPS) is 13.7. The van der Waals surface area contributed by atoms with E-state index in [0.717, 1.165) is 29.4 Å². The van der Waals surface area contributed by atoms with E-state index < -0.39 is 5.97 Å². The van der Waals surface area contributed by atoms with Crippen LogP contribution in [0.5, 0.6) is 17.4 Å². The van der Waals surface area contributed by atoms with Gasteiger partial charge in [-0.15, -0.1) is 0 Å². The van der Waals surface area contributed by atoms with Gasteiger partial charge in [-0.1, -0.05) is 36.8 Å². The van der Waals surface area contributed by atoms with Crippen LogP contribution < -0.4 is 14.8 Å². The minimum atomic E-state index is -1.10. The number of carbonyl (C=O) groups excluding carboxylic acids is 1. The number of anilines is 1. The molecule has 1 fully saturated rings. The molecule has 7 nitrogen and oxygen atoms in total. The number of fused-ring (bicyclic) bond motifs is 1. The van der Waals surface area contributed by atoms with Crippen LogP contribution in [0.1, 0.15) is 48.0 Å². The van der Waals surface area contributed by atoms with Crippen molar-refractivity contribution < 1.29 is 24.2 Å². The van der Waals surface area contributed by atoms with E-state index in [0.29, 0.717) is 23.3 Å². The van der Waals surface area contributed by atoms with E-state index in [1.807, 2.05) is 30.3 Å². The number of aromatic nitrogens is 1. The zero-order valence-corrected chi connectivity index (χ0v) is 20.4. The Hall–Kier alpha value is -4.39. The topological polar surface area (TPSA) is 97.8 Å². The van der Waals surface area contributed by atoms with E-state index in [1.165, 1.54) is 25.3 Å². The Labute approximate surface area is 215 Å². The van der Waals surface area contributed by atoms with Crippen molar-refractivity contribution in [2.75, 3.05) is 5.32 Å². The van der Waals surface area contributed by atoms with Crippen molar-refractivity contribution in [2.24, 2.45) is 0 Å². The van der Waals surface area contributed by atoms with Gasteiger partial charge in [0.15, 0.2) is 0 Å². The number of nitrogens with one attached hydrogen (secondary N) is 1. The number of ether oxygens (including phenoxy) is 2. The molecular formula is C30H28N2O5. The van der Waals surface area contributed by atoms with Crippen LogP contribution in [0, 0.1) is 0 Å². The smallest absolute Gasteiger partial charge is 0.337 e. The van der Waals surface area contributed by atoms with E-state index in [4.69, 9.17) is 9.47 Å². The molecular weight excluding hydrogens is 468 g/mol. The molecule has 2 N–H and O–H groups in total. The molecule has 1 aliphatic carbocycles. The lowest BCUT2D eigenvalue weighted by Gasteiger charge is -2.23. The van der Waals surface area contributed by atoms with Crippen LogP contribution in [0.15, 0.2) is 79.0 Å². The Balaban J connectivity index is 1.19. The number of carboxylic acids is 1. The molecule has 1 amide bonds. The molecule has 0 unspecified atom stereocenters. The van der Waals surface area contributed by atoms with Gasteiger partial charge in [-0.2, -0.15) is 0 Å². The van der Waals surface area contributed by atoms with Crippen LogP contribution in [-0.2, 0) is 11.2 Å². The molecule has 5 rings (SSSR count). The Bertz CT molecular complexity index is 1410. The third-order valence-corrected chi connectivity index (χ3v) is 6.45. The molecule has 188 valence electrons. The van der Waals surface area contributed by atoms with Crippen molar-refractivity contribution in [3.05, 3.63) is 90.1 Å². The summed E-state index contributed by atoms with van der Waals surface area (Å²) in [4.78, 5) is 28.1. The van der Waals surface area contributed by atoms with Crippen molar-refractivity contribution in [1.29, 1.82) is 0 Å². The minimum Gasteiger partial charge on any atom is -0.490 e. The van der Waals surface area contributed by atoms with Crippen molar-refractivity contribution in [3.8, 4) is 17.4 Å². The second-order valence-electron chi connectivity index (χ2n) is 9.23. The number of para-hydroxylation sites is 1. The molecule has 1 aliphatic rings. The molecule has 1 aromatic heterocycles. The first kappa shape index (κ1) is 24.3. The number of rotatable bonds is 8. The Morgan fingerprint density at radius 1 is 0.892 bits per heavy atom. The van der Waals surface area contributed by atoms with Crippen LogP contribution in [0.2, 0.25) is 0 Å². The molecule has 7 heteroatoms. The third kappa shape index (κ3) is 6.25. The maximum atomic E-state index is 12.4. The Kier molecular flexibility index (Phi) is 7.31. The number of carboxylic acid groups (broad SMARTS) is 1. The van der Waals surface area contributed by atoms with Gasteiger partial charge in [-0.05, 0) is 78.4 Å². The molecule has 0 bridgehead atoms. The van der Waals surface area contributed by atoms with Gasteiger partial charge < -0.3 is 19.9 Å². The van der Waals surface area contributed by atoms with Crippen molar-refractivity contribution >= 4 is 28.3 Å². The summed E-state index contributed by atoms with van der Waals surface area (Å²) in [7, 11) is 0. The number of hydrogen-bond donors (Lipinski definition) is 2. The summed E-state index contributed by atoms with van der Waals surface area (Å²) in [5.41, 5.74) is 0.986. The predicted octanol–water partition coefficient (Wildman–Crippen LogP) is 6.62. The van der Waals surface area contributed by atoms with Gasteiger partial charge >= 0.3 is 5.97 Å². The highest BCUT2D eigenvalue weighted by Crippen LogP contribution is 2.29. The van der Waals surface area contributed by atoms with Gasteiger partial charge in [-0.25, -0.2) is 9.78 Å². The Morgan fingerprint density at radius 2 is 1.62 bits per heavy atom. The number of amides is 1. The van der Waals surface area contributed by atoms with Crippen molar-refractivity contribution in [3.63, 3.8) is 0 Å². The fourth-order valence-electron chi connectivity index (χ4n) is 4.57. The van der Waals surface area contributed by atoms with Gasteiger partial charge in [0.05, 0.1) is 23.8 Å². The standard InChI is InChI=1S/C30H28N2O5/c33-28(32-27-9-5-4-8-26(27)30(34)35)16-20-10-15-29(31-19-20)37-25-14-12-21-17-24(13-11-22(21)18-25)36-23-6-2-1-3-7-23/h4-5,8-15,17-19,23H,1-3,6-7,16H2,(H,32,33)(H,34,35). The van der Waals surface area contributed by atoms with Crippen LogP contribution in [0.25, 0.3) is 10.8 Å². The first-order chi connectivity index (χ1) is 18.0.